The van der Waals surface area contributed by atoms with Gasteiger partial charge in [-0.2, -0.15) is 0 Å². The number of fused-ring (bicyclic) bond motifs is 1. The summed E-state index contributed by atoms with van der Waals surface area (Å²) in [6, 6.07) is 14.4. The van der Waals surface area contributed by atoms with Gasteiger partial charge >= 0.3 is 0 Å². The number of nitrogens with zero attached hydrogens (tertiary/aromatic N) is 1. The Morgan fingerprint density at radius 2 is 2.05 bits per heavy atom. The molecular formula is C19H23NO2. The van der Waals surface area contributed by atoms with Gasteiger partial charge < -0.3 is 14.7 Å². The van der Waals surface area contributed by atoms with Crippen LogP contribution in [0, 0.1) is 6.92 Å². The van der Waals surface area contributed by atoms with Gasteiger partial charge in [0.25, 0.3) is 0 Å². The Labute approximate surface area is 132 Å². The van der Waals surface area contributed by atoms with Crippen molar-refractivity contribution in [1.29, 1.82) is 0 Å². The maximum Gasteiger partial charge on any atom is 0.119 e. The molecule has 0 radical (unpaired) electrons. The van der Waals surface area contributed by atoms with Crippen molar-refractivity contribution in [1.82, 2.24) is 0 Å². The van der Waals surface area contributed by atoms with Gasteiger partial charge in [0.15, 0.2) is 0 Å². The minimum absolute atomic E-state index is 0.432. The second kappa shape index (κ2) is 6.41. The summed E-state index contributed by atoms with van der Waals surface area (Å²) in [5.41, 5.74) is 4.81. The summed E-state index contributed by atoms with van der Waals surface area (Å²) in [6.07, 6.45) is 1.41. The van der Waals surface area contributed by atoms with E-state index in [-0.39, 0.29) is 0 Å². The van der Waals surface area contributed by atoms with Crippen molar-refractivity contribution in [3.63, 3.8) is 0 Å². The summed E-state index contributed by atoms with van der Waals surface area (Å²) >= 11 is 0. The van der Waals surface area contributed by atoms with Gasteiger partial charge in [-0.3, -0.25) is 0 Å². The Hall–Kier alpha value is -2.00. The molecule has 1 atom stereocenters. The monoisotopic (exact) mass is 297 g/mol. The molecule has 2 aromatic carbocycles. The van der Waals surface area contributed by atoms with Crippen molar-refractivity contribution in [3.05, 3.63) is 59.2 Å². The quantitative estimate of drug-likeness (QED) is 0.917. The third-order valence-electron chi connectivity index (χ3n) is 4.49. The van der Waals surface area contributed by atoms with Gasteiger partial charge in [0.2, 0.25) is 0 Å². The SMILES string of the molecule is COc1ccc(C(O)CCN2CCc3ccccc32)c(C)c1. The summed E-state index contributed by atoms with van der Waals surface area (Å²) in [7, 11) is 1.66. The van der Waals surface area contributed by atoms with E-state index in [2.05, 4.69) is 29.2 Å². The zero-order valence-corrected chi connectivity index (χ0v) is 13.2. The molecule has 1 aliphatic rings. The van der Waals surface area contributed by atoms with Gasteiger partial charge in [-0.05, 0) is 54.7 Å². The minimum atomic E-state index is -0.432. The molecule has 1 N–H and O–H groups in total. The third-order valence-corrected chi connectivity index (χ3v) is 4.49. The number of aryl methyl sites for hydroxylation is 1. The van der Waals surface area contributed by atoms with E-state index in [0.29, 0.717) is 0 Å². The van der Waals surface area contributed by atoms with E-state index in [1.165, 1.54) is 11.3 Å². The van der Waals surface area contributed by atoms with Crippen molar-refractivity contribution >= 4 is 5.69 Å². The van der Waals surface area contributed by atoms with Crippen molar-refractivity contribution in [2.24, 2.45) is 0 Å². The summed E-state index contributed by atoms with van der Waals surface area (Å²) in [4.78, 5) is 2.37. The van der Waals surface area contributed by atoms with E-state index in [4.69, 9.17) is 4.74 Å². The Morgan fingerprint density at radius 3 is 2.82 bits per heavy atom. The zero-order chi connectivity index (χ0) is 15.5. The molecule has 1 heterocycles. The lowest BCUT2D eigenvalue weighted by molar-refractivity contribution is 0.168. The van der Waals surface area contributed by atoms with Crippen molar-refractivity contribution < 1.29 is 9.84 Å². The second-order valence-corrected chi connectivity index (χ2v) is 5.89. The van der Waals surface area contributed by atoms with Crippen molar-refractivity contribution in [3.8, 4) is 5.75 Å². The largest absolute Gasteiger partial charge is 0.497 e. The highest BCUT2D eigenvalue weighted by molar-refractivity contribution is 5.57. The smallest absolute Gasteiger partial charge is 0.119 e. The van der Waals surface area contributed by atoms with Crippen LogP contribution in [-0.2, 0) is 6.42 Å². The van der Waals surface area contributed by atoms with Crippen LogP contribution in [0.1, 0.15) is 29.2 Å². The zero-order valence-electron chi connectivity index (χ0n) is 13.2. The van der Waals surface area contributed by atoms with Crippen LogP contribution in [0.15, 0.2) is 42.5 Å². The van der Waals surface area contributed by atoms with E-state index in [0.717, 1.165) is 42.8 Å². The number of para-hydroxylation sites is 1. The van der Waals surface area contributed by atoms with Crippen LogP contribution in [0.25, 0.3) is 0 Å². The summed E-state index contributed by atoms with van der Waals surface area (Å²) in [6.45, 7) is 3.95. The standard InChI is InChI=1S/C19H23NO2/c1-14-13-16(22-2)7-8-17(14)19(21)10-12-20-11-9-15-5-3-4-6-18(15)20/h3-8,13,19,21H,9-12H2,1-2H3. The summed E-state index contributed by atoms with van der Waals surface area (Å²) in [5, 5.41) is 10.5. The number of methoxy groups -OCH3 is 1. The number of hydrogen-bond acceptors (Lipinski definition) is 3. The Morgan fingerprint density at radius 1 is 1.23 bits per heavy atom. The Kier molecular flexibility index (Phi) is 4.34. The van der Waals surface area contributed by atoms with E-state index in [1.807, 2.05) is 25.1 Å². The first-order chi connectivity index (χ1) is 10.7. The molecule has 0 aromatic heterocycles. The lowest BCUT2D eigenvalue weighted by Gasteiger charge is -2.22. The molecule has 1 aliphatic heterocycles. The average Bonchev–Trinajstić information content (AvgIpc) is 2.95. The fraction of sp³-hybridized carbons (Fsp3) is 0.368. The third kappa shape index (κ3) is 2.95. The van der Waals surface area contributed by atoms with E-state index < -0.39 is 6.10 Å². The van der Waals surface area contributed by atoms with Crippen molar-refractivity contribution in [2.75, 3.05) is 25.1 Å². The molecule has 0 saturated heterocycles. The normalized spacial score (nSPS) is 14.8. The van der Waals surface area contributed by atoms with Crippen LogP contribution in [0.5, 0.6) is 5.75 Å². The molecule has 3 nitrogen and oxygen atoms in total. The molecule has 0 aliphatic carbocycles. The maximum atomic E-state index is 10.5. The number of ether oxygens (including phenoxy) is 1. The number of aliphatic hydroxyl groups is 1. The fourth-order valence-electron chi connectivity index (χ4n) is 3.22. The van der Waals surface area contributed by atoms with Crippen LogP contribution in [0.2, 0.25) is 0 Å². The number of benzene rings is 2. The van der Waals surface area contributed by atoms with E-state index in [9.17, 15) is 5.11 Å². The molecule has 22 heavy (non-hydrogen) atoms. The number of hydrogen-bond donors (Lipinski definition) is 1. The van der Waals surface area contributed by atoms with Crippen LogP contribution in [-0.4, -0.2) is 25.3 Å². The van der Waals surface area contributed by atoms with Gasteiger partial charge in [-0.15, -0.1) is 0 Å². The van der Waals surface area contributed by atoms with Gasteiger partial charge in [-0.1, -0.05) is 24.3 Å². The average molecular weight is 297 g/mol. The highest BCUT2D eigenvalue weighted by atomic mass is 16.5. The first-order valence-electron chi connectivity index (χ1n) is 7.84. The highest BCUT2D eigenvalue weighted by Gasteiger charge is 2.19. The first-order valence-corrected chi connectivity index (χ1v) is 7.84. The number of aliphatic hydroxyl groups excluding tert-OH is 1. The number of anilines is 1. The summed E-state index contributed by atoms with van der Waals surface area (Å²) < 4.78 is 5.22. The Bertz CT molecular complexity index is 654. The van der Waals surface area contributed by atoms with Crippen LogP contribution < -0.4 is 9.64 Å². The topological polar surface area (TPSA) is 32.7 Å². The van der Waals surface area contributed by atoms with Crippen LogP contribution >= 0.6 is 0 Å². The Balaban J connectivity index is 1.65. The number of rotatable bonds is 5. The molecule has 0 bridgehead atoms. The van der Waals surface area contributed by atoms with E-state index >= 15 is 0 Å². The summed E-state index contributed by atoms with van der Waals surface area (Å²) in [5.74, 6) is 0.835. The highest BCUT2D eigenvalue weighted by Crippen LogP contribution is 2.30. The molecule has 0 amide bonds. The molecule has 2 aromatic rings. The molecule has 3 heteroatoms. The molecule has 1 unspecified atom stereocenters. The van der Waals surface area contributed by atoms with Gasteiger partial charge in [0.05, 0.1) is 13.2 Å². The molecular weight excluding hydrogens is 274 g/mol. The molecule has 0 fully saturated rings. The molecule has 116 valence electrons. The van der Waals surface area contributed by atoms with Gasteiger partial charge in [0.1, 0.15) is 5.75 Å². The lowest BCUT2D eigenvalue weighted by atomic mass is 10.0. The molecule has 0 spiro atoms. The van der Waals surface area contributed by atoms with Crippen molar-refractivity contribution in [2.45, 2.75) is 25.9 Å². The first kappa shape index (κ1) is 14.9. The molecule has 3 rings (SSSR count). The van der Waals surface area contributed by atoms with Gasteiger partial charge in [-0.25, -0.2) is 0 Å². The van der Waals surface area contributed by atoms with E-state index in [1.54, 1.807) is 7.11 Å². The predicted octanol–water partition coefficient (Wildman–Crippen LogP) is 3.49. The van der Waals surface area contributed by atoms with Gasteiger partial charge in [0, 0.05) is 18.8 Å². The van der Waals surface area contributed by atoms with Crippen LogP contribution in [0.3, 0.4) is 0 Å². The second-order valence-electron chi connectivity index (χ2n) is 5.89. The maximum absolute atomic E-state index is 10.5. The fourth-order valence-corrected chi connectivity index (χ4v) is 3.22. The minimum Gasteiger partial charge on any atom is -0.497 e. The molecule has 0 saturated carbocycles. The van der Waals surface area contributed by atoms with Crippen LogP contribution in [0.4, 0.5) is 5.69 Å². The predicted molar refractivity (Wildman–Crippen MR) is 89.7 cm³/mol. The lowest BCUT2D eigenvalue weighted by Crippen LogP contribution is -2.23.